The van der Waals surface area contributed by atoms with E-state index in [4.69, 9.17) is 5.11 Å². The predicted molar refractivity (Wildman–Crippen MR) is 27.9 cm³/mol. The van der Waals surface area contributed by atoms with E-state index in [-0.39, 0.29) is 12.4 Å². The average Bonchev–Trinajstić information content (AvgIpc) is 1.88. The van der Waals surface area contributed by atoms with Crippen molar-refractivity contribution in [3.63, 3.8) is 0 Å². The van der Waals surface area contributed by atoms with Crippen molar-refractivity contribution < 1.29 is 9.50 Å². The van der Waals surface area contributed by atoms with Crippen LogP contribution in [0.2, 0.25) is 0 Å². The first-order valence-corrected chi connectivity index (χ1v) is 2.41. The van der Waals surface area contributed by atoms with Crippen LogP contribution in [0.15, 0.2) is 12.3 Å². The van der Waals surface area contributed by atoms with Crippen molar-refractivity contribution >= 4 is 0 Å². The van der Waals surface area contributed by atoms with E-state index in [9.17, 15) is 4.39 Å². The first-order chi connectivity index (χ1) is 4.33. The predicted octanol–water partition coefficient (Wildman–Crippen LogP) is 0.108. The monoisotopic (exact) mass is 128 g/mol. The largest absolute Gasteiger partial charge is 0.388 e. The van der Waals surface area contributed by atoms with Crippen molar-refractivity contribution in [3.8, 4) is 0 Å². The molecule has 0 radical (unpaired) electrons. The van der Waals surface area contributed by atoms with Crippen molar-refractivity contribution in [3.05, 3.63) is 24.0 Å². The summed E-state index contributed by atoms with van der Waals surface area (Å²) < 4.78 is 12.1. The van der Waals surface area contributed by atoms with Crippen LogP contribution < -0.4 is 0 Å². The second-order valence-electron chi connectivity index (χ2n) is 1.45. The van der Waals surface area contributed by atoms with Crippen LogP contribution in [0, 0.1) is 5.95 Å². The van der Waals surface area contributed by atoms with E-state index in [1.165, 1.54) is 6.20 Å². The van der Waals surface area contributed by atoms with Crippen LogP contribution in [0.5, 0.6) is 0 Å². The Morgan fingerprint density at radius 3 is 2.89 bits per heavy atom. The molecule has 0 unspecified atom stereocenters. The summed E-state index contributed by atoms with van der Waals surface area (Å²) in [4.78, 5) is 6.82. The maximum Gasteiger partial charge on any atom is 0.216 e. The highest BCUT2D eigenvalue weighted by Gasteiger charge is 1.93. The van der Waals surface area contributed by atoms with Crippen LogP contribution >= 0.6 is 0 Å². The first kappa shape index (κ1) is 6.10. The third-order valence-corrected chi connectivity index (χ3v) is 0.813. The van der Waals surface area contributed by atoms with Gasteiger partial charge in [-0.1, -0.05) is 0 Å². The summed E-state index contributed by atoms with van der Waals surface area (Å²) in [7, 11) is 0. The summed E-state index contributed by atoms with van der Waals surface area (Å²) in [5, 5.41) is 8.37. The highest BCUT2D eigenvalue weighted by molar-refractivity contribution is 4.88. The SMILES string of the molecule is OCc1nccc(F)n1. The van der Waals surface area contributed by atoms with E-state index < -0.39 is 5.95 Å². The summed E-state index contributed by atoms with van der Waals surface area (Å²) in [5.74, 6) is -0.510. The highest BCUT2D eigenvalue weighted by atomic mass is 19.1. The Morgan fingerprint density at radius 1 is 1.67 bits per heavy atom. The van der Waals surface area contributed by atoms with E-state index in [2.05, 4.69) is 9.97 Å². The zero-order valence-electron chi connectivity index (χ0n) is 4.58. The van der Waals surface area contributed by atoms with Gasteiger partial charge in [-0.3, -0.25) is 0 Å². The van der Waals surface area contributed by atoms with Crippen LogP contribution in [0.25, 0.3) is 0 Å². The molecule has 0 aliphatic carbocycles. The van der Waals surface area contributed by atoms with Gasteiger partial charge in [-0.25, -0.2) is 9.97 Å². The molecule has 1 aromatic heterocycles. The Kier molecular flexibility index (Phi) is 1.69. The summed E-state index contributed by atoms with van der Waals surface area (Å²) in [6, 6.07) is 1.12. The molecule has 0 aromatic carbocycles. The Labute approximate surface area is 51.2 Å². The van der Waals surface area contributed by atoms with Gasteiger partial charge in [-0.2, -0.15) is 4.39 Å². The minimum absolute atomic E-state index is 0.106. The van der Waals surface area contributed by atoms with Gasteiger partial charge in [0.15, 0.2) is 5.82 Å². The standard InChI is InChI=1S/C5H5FN2O/c6-4-1-2-7-5(3-9)8-4/h1-2,9H,3H2. The van der Waals surface area contributed by atoms with E-state index in [1.807, 2.05) is 0 Å². The maximum atomic E-state index is 12.1. The Bertz CT molecular complexity index is 204. The first-order valence-electron chi connectivity index (χ1n) is 2.41. The summed E-state index contributed by atoms with van der Waals surface area (Å²) >= 11 is 0. The molecule has 3 nitrogen and oxygen atoms in total. The third-order valence-electron chi connectivity index (χ3n) is 0.813. The van der Waals surface area contributed by atoms with Gasteiger partial charge in [-0.05, 0) is 0 Å². The molecule has 0 spiro atoms. The molecule has 0 saturated carbocycles. The van der Waals surface area contributed by atoms with Crippen LogP contribution in [0.1, 0.15) is 5.82 Å². The zero-order chi connectivity index (χ0) is 6.69. The molecular formula is C5H5FN2O. The lowest BCUT2D eigenvalue weighted by molar-refractivity contribution is 0.269. The molecule has 0 aliphatic heterocycles. The smallest absolute Gasteiger partial charge is 0.216 e. The normalized spacial score (nSPS) is 9.56. The van der Waals surface area contributed by atoms with Gasteiger partial charge in [0.2, 0.25) is 5.95 Å². The van der Waals surface area contributed by atoms with Crippen molar-refractivity contribution in [1.29, 1.82) is 0 Å². The number of aromatic nitrogens is 2. The molecule has 0 saturated heterocycles. The molecule has 9 heavy (non-hydrogen) atoms. The third kappa shape index (κ3) is 1.43. The number of halogens is 1. The topological polar surface area (TPSA) is 46.0 Å². The van der Waals surface area contributed by atoms with Gasteiger partial charge in [0.05, 0.1) is 0 Å². The molecule has 1 heterocycles. The summed E-state index contributed by atoms with van der Waals surface area (Å²) in [6.45, 7) is -0.322. The summed E-state index contributed by atoms with van der Waals surface area (Å²) in [5.41, 5.74) is 0. The molecule has 1 rings (SSSR count). The van der Waals surface area contributed by atoms with E-state index in [0.717, 1.165) is 6.07 Å². The van der Waals surface area contributed by atoms with E-state index >= 15 is 0 Å². The van der Waals surface area contributed by atoms with Crippen LogP contribution in [0.3, 0.4) is 0 Å². The number of hydrogen-bond acceptors (Lipinski definition) is 3. The Morgan fingerprint density at radius 2 is 2.44 bits per heavy atom. The molecule has 48 valence electrons. The molecule has 0 fully saturated rings. The molecule has 1 aromatic rings. The zero-order valence-corrected chi connectivity index (χ0v) is 4.58. The number of hydrogen-bond donors (Lipinski definition) is 1. The van der Waals surface area contributed by atoms with Gasteiger partial charge >= 0.3 is 0 Å². The molecular weight excluding hydrogens is 123 g/mol. The van der Waals surface area contributed by atoms with E-state index in [1.54, 1.807) is 0 Å². The Balaban J connectivity index is 2.94. The molecule has 0 aliphatic rings. The van der Waals surface area contributed by atoms with Gasteiger partial charge < -0.3 is 5.11 Å². The van der Waals surface area contributed by atoms with Gasteiger partial charge in [0.1, 0.15) is 6.61 Å². The molecule has 0 bridgehead atoms. The lowest BCUT2D eigenvalue weighted by atomic mass is 10.6. The average molecular weight is 128 g/mol. The number of aliphatic hydroxyl groups is 1. The minimum Gasteiger partial charge on any atom is -0.388 e. The second kappa shape index (κ2) is 2.50. The number of aliphatic hydroxyl groups excluding tert-OH is 1. The summed E-state index contributed by atoms with van der Waals surface area (Å²) in [6.07, 6.45) is 1.26. The fourth-order valence-corrected chi connectivity index (χ4v) is 0.450. The number of rotatable bonds is 1. The van der Waals surface area contributed by atoms with Gasteiger partial charge in [-0.15, -0.1) is 0 Å². The maximum absolute atomic E-state index is 12.1. The molecule has 1 N–H and O–H groups in total. The molecule has 4 heteroatoms. The van der Waals surface area contributed by atoms with Crippen LogP contribution in [-0.4, -0.2) is 15.1 Å². The van der Waals surface area contributed by atoms with Crippen molar-refractivity contribution in [2.24, 2.45) is 0 Å². The minimum atomic E-state index is -0.617. The lowest BCUT2D eigenvalue weighted by Gasteiger charge is -1.90. The lowest BCUT2D eigenvalue weighted by Crippen LogP contribution is -1.94. The van der Waals surface area contributed by atoms with Gasteiger partial charge in [0.25, 0.3) is 0 Å². The Hall–Kier alpha value is -1.03. The van der Waals surface area contributed by atoms with Crippen molar-refractivity contribution in [1.82, 2.24) is 9.97 Å². The van der Waals surface area contributed by atoms with E-state index in [0.29, 0.717) is 0 Å². The van der Waals surface area contributed by atoms with Crippen LogP contribution in [0.4, 0.5) is 4.39 Å². The second-order valence-corrected chi connectivity index (χ2v) is 1.45. The number of nitrogens with zero attached hydrogens (tertiary/aromatic N) is 2. The highest BCUT2D eigenvalue weighted by Crippen LogP contribution is 1.91. The quantitative estimate of drug-likeness (QED) is 0.546. The molecule has 0 amide bonds. The fraction of sp³-hybridized carbons (Fsp3) is 0.200. The van der Waals surface area contributed by atoms with Crippen molar-refractivity contribution in [2.45, 2.75) is 6.61 Å². The fourth-order valence-electron chi connectivity index (χ4n) is 0.450. The molecule has 0 atom stereocenters. The van der Waals surface area contributed by atoms with Crippen LogP contribution in [-0.2, 0) is 6.61 Å². The van der Waals surface area contributed by atoms with Gasteiger partial charge in [0, 0.05) is 12.3 Å². The van der Waals surface area contributed by atoms with Crippen molar-refractivity contribution in [2.75, 3.05) is 0 Å².